The Morgan fingerprint density at radius 1 is 1.80 bits per heavy atom. The molecule has 5 heavy (non-hydrogen) atoms. The van der Waals surface area contributed by atoms with Gasteiger partial charge in [0.25, 0.3) is 0 Å². The molecule has 0 aromatic heterocycles. The molecule has 0 atom stereocenters. The fourth-order valence-corrected chi connectivity index (χ4v) is 0. The predicted molar refractivity (Wildman–Crippen MR) is 31.7 cm³/mol. The Hall–Kier alpha value is 0.683. The number of rotatable bonds is 0. The topological polar surface area (TPSA) is 31.5 Å². The Morgan fingerprint density at radius 3 is 1.80 bits per heavy atom. The van der Waals surface area contributed by atoms with Gasteiger partial charge in [-0.1, -0.05) is 0 Å². The molecule has 0 bridgehead atoms. The molecule has 0 saturated heterocycles. The maximum Gasteiger partial charge on any atom is 2.00 e. The maximum absolute atomic E-state index is 3.42. The van der Waals surface area contributed by atoms with Gasteiger partial charge in [-0.05, 0) is 0 Å². The average Bonchev–Trinajstić information content (AvgIpc) is 0.918. The van der Waals surface area contributed by atoms with Gasteiger partial charge < -0.3 is 8.33 Å². The zero-order chi connectivity index (χ0) is 2.71. The second-order valence-corrected chi connectivity index (χ2v) is 1.22. The van der Waals surface area contributed by atoms with Gasteiger partial charge in [0, 0.05) is 10.2 Å². The van der Waals surface area contributed by atoms with Crippen LogP contribution in [0.2, 0.25) is 0 Å². The van der Waals surface area contributed by atoms with Crippen molar-refractivity contribution in [2.45, 2.75) is 0 Å². The Morgan fingerprint density at radius 2 is 1.80 bits per heavy atom. The SMILES string of the molecule is C=C[SiH3].O.[H-].[H-].[Mg+2]. The first kappa shape index (κ1) is 17.3. The van der Waals surface area contributed by atoms with E-state index in [0.717, 1.165) is 10.2 Å². The van der Waals surface area contributed by atoms with E-state index in [-0.39, 0.29) is 31.4 Å². The Labute approximate surface area is 54.3 Å². The van der Waals surface area contributed by atoms with Gasteiger partial charge in [0.2, 0.25) is 0 Å². The molecule has 0 saturated carbocycles. The van der Waals surface area contributed by atoms with Crippen molar-refractivity contribution in [2.75, 3.05) is 0 Å². The van der Waals surface area contributed by atoms with Crippen molar-refractivity contribution in [1.82, 2.24) is 0 Å². The standard InChI is InChI=1S/C2H6Si.Mg.H2O.2H/c1-2-3;;;;/h2H,1H2,3H3;;1H2;;/q;+2;;2*-1. The molecule has 0 aromatic rings. The van der Waals surface area contributed by atoms with Crippen LogP contribution < -0.4 is 0 Å². The van der Waals surface area contributed by atoms with Gasteiger partial charge in [-0.3, -0.25) is 0 Å². The van der Waals surface area contributed by atoms with Crippen molar-refractivity contribution < 1.29 is 8.33 Å². The van der Waals surface area contributed by atoms with Crippen LogP contribution in [0, 0.1) is 0 Å². The summed E-state index contributed by atoms with van der Waals surface area (Å²) in [4.78, 5) is 0. The third-order valence-electron chi connectivity index (χ3n) is 0. The Balaban J connectivity index is -0.00000000333. The van der Waals surface area contributed by atoms with Crippen molar-refractivity contribution in [3.63, 3.8) is 0 Å². The van der Waals surface area contributed by atoms with E-state index in [2.05, 4.69) is 6.58 Å². The fraction of sp³-hybridized carbons (Fsp3) is 0. The van der Waals surface area contributed by atoms with Crippen molar-refractivity contribution in [2.24, 2.45) is 0 Å². The molecule has 0 aromatic carbocycles. The molecular formula is C2H10MgOSi. The molecule has 0 fully saturated rings. The van der Waals surface area contributed by atoms with Gasteiger partial charge in [0.1, 0.15) is 0 Å². The van der Waals surface area contributed by atoms with Gasteiger partial charge in [-0.2, -0.15) is 0 Å². The van der Waals surface area contributed by atoms with E-state index >= 15 is 0 Å². The monoisotopic (exact) mass is 102 g/mol. The van der Waals surface area contributed by atoms with E-state index in [1.807, 2.05) is 5.70 Å². The minimum atomic E-state index is 0. The zero-order valence-corrected chi connectivity index (χ0v) is 6.91. The Kier molecular flexibility index (Phi) is 77.7. The van der Waals surface area contributed by atoms with E-state index in [9.17, 15) is 0 Å². The minimum Gasteiger partial charge on any atom is -1.00 e. The van der Waals surface area contributed by atoms with Crippen LogP contribution in [0.1, 0.15) is 2.85 Å². The molecule has 0 rings (SSSR count). The van der Waals surface area contributed by atoms with Crippen LogP contribution in [0.3, 0.4) is 0 Å². The molecule has 30 valence electrons. The molecule has 2 N–H and O–H groups in total. The third-order valence-corrected chi connectivity index (χ3v) is 0. The molecule has 0 unspecified atom stereocenters. The van der Waals surface area contributed by atoms with Crippen LogP contribution >= 0.6 is 0 Å². The summed E-state index contributed by atoms with van der Waals surface area (Å²) in [7, 11) is 1.13. The Bertz CT molecular complexity index is 23.2. The van der Waals surface area contributed by atoms with Crippen molar-refractivity contribution in [3.05, 3.63) is 12.3 Å². The van der Waals surface area contributed by atoms with Gasteiger partial charge in [0.05, 0.1) is 0 Å². The van der Waals surface area contributed by atoms with Crippen molar-refractivity contribution >= 4 is 33.3 Å². The van der Waals surface area contributed by atoms with Crippen LogP contribution in [0.25, 0.3) is 0 Å². The third kappa shape index (κ3) is 72.2. The number of hydrogen-bond acceptors (Lipinski definition) is 0. The van der Waals surface area contributed by atoms with Crippen LogP contribution in [0.4, 0.5) is 0 Å². The van der Waals surface area contributed by atoms with E-state index in [4.69, 9.17) is 0 Å². The van der Waals surface area contributed by atoms with Crippen LogP contribution in [-0.4, -0.2) is 38.8 Å². The summed E-state index contributed by atoms with van der Waals surface area (Å²) in [6.07, 6.45) is 0. The molecule has 0 aliphatic rings. The van der Waals surface area contributed by atoms with Crippen LogP contribution in [0.15, 0.2) is 12.3 Å². The van der Waals surface area contributed by atoms with Crippen molar-refractivity contribution in [1.29, 1.82) is 0 Å². The van der Waals surface area contributed by atoms with E-state index in [1.165, 1.54) is 0 Å². The van der Waals surface area contributed by atoms with Gasteiger partial charge in [-0.15, -0.1) is 12.3 Å². The molecule has 0 spiro atoms. The average molecular weight is 102 g/mol. The van der Waals surface area contributed by atoms with Crippen LogP contribution in [0.5, 0.6) is 0 Å². The molecule has 0 aliphatic heterocycles. The summed E-state index contributed by atoms with van der Waals surface area (Å²) in [6, 6.07) is 0. The molecule has 0 heterocycles. The summed E-state index contributed by atoms with van der Waals surface area (Å²) < 4.78 is 0. The molecule has 1 nitrogen and oxygen atoms in total. The molecule has 0 amide bonds. The summed E-state index contributed by atoms with van der Waals surface area (Å²) in [6.45, 7) is 3.42. The second-order valence-electron chi connectivity index (χ2n) is 0.408. The molecule has 3 heteroatoms. The molecule has 0 radical (unpaired) electrons. The number of hydrogen-bond donors (Lipinski definition) is 0. The quantitative estimate of drug-likeness (QED) is 0.334. The smallest absolute Gasteiger partial charge is 1.00 e. The minimum absolute atomic E-state index is 0. The fourth-order valence-electron chi connectivity index (χ4n) is 0. The van der Waals surface area contributed by atoms with Crippen LogP contribution in [-0.2, 0) is 0 Å². The molecule has 0 aliphatic carbocycles. The van der Waals surface area contributed by atoms with E-state index in [1.54, 1.807) is 0 Å². The summed E-state index contributed by atoms with van der Waals surface area (Å²) >= 11 is 0. The first-order valence-electron chi connectivity index (χ1n) is 0.986. The predicted octanol–water partition coefficient (Wildman–Crippen LogP) is -1.49. The van der Waals surface area contributed by atoms with Gasteiger partial charge in [0.15, 0.2) is 0 Å². The normalized spacial score (nSPS) is 3.20. The largest absolute Gasteiger partial charge is 2.00 e. The zero-order valence-electron chi connectivity index (χ0n) is 5.49. The molecular weight excluding hydrogens is 92.4 g/mol. The summed E-state index contributed by atoms with van der Waals surface area (Å²) in [5, 5.41) is 0. The maximum atomic E-state index is 3.42. The first-order chi connectivity index (χ1) is 1.41. The second kappa shape index (κ2) is 22.4. The summed E-state index contributed by atoms with van der Waals surface area (Å²) in [5.74, 6) is 0. The van der Waals surface area contributed by atoms with E-state index in [0.29, 0.717) is 0 Å². The summed E-state index contributed by atoms with van der Waals surface area (Å²) in [5.41, 5.74) is 1.89. The van der Waals surface area contributed by atoms with Gasteiger partial charge >= 0.3 is 23.1 Å². The first-order valence-corrected chi connectivity index (χ1v) is 2.14. The van der Waals surface area contributed by atoms with Crippen molar-refractivity contribution in [3.8, 4) is 0 Å². The van der Waals surface area contributed by atoms with Gasteiger partial charge in [-0.25, -0.2) is 0 Å². The van der Waals surface area contributed by atoms with E-state index < -0.39 is 0 Å².